The highest BCUT2D eigenvalue weighted by Crippen LogP contribution is 2.38. The van der Waals surface area contributed by atoms with Crippen LogP contribution in [0.1, 0.15) is 33.3 Å². The summed E-state index contributed by atoms with van der Waals surface area (Å²) in [5.41, 5.74) is 0.459. The number of hydrogen-bond acceptors (Lipinski definition) is 6. The molecule has 0 aliphatic carbocycles. The lowest BCUT2D eigenvalue weighted by Gasteiger charge is -2.34. The summed E-state index contributed by atoms with van der Waals surface area (Å²) < 4.78 is 45.1. The molecule has 0 radical (unpaired) electrons. The fraction of sp³-hybridized carbons (Fsp3) is 0.409. The quantitative estimate of drug-likeness (QED) is 0.656. The zero-order chi connectivity index (χ0) is 23.5. The smallest absolute Gasteiger partial charge is 0.494 e. The number of sulfonamides is 1. The van der Waals surface area contributed by atoms with Crippen molar-refractivity contribution in [3.63, 3.8) is 0 Å². The molecule has 170 valence electrons. The average molecular weight is 458 g/mol. The molecule has 32 heavy (non-hydrogen) atoms. The van der Waals surface area contributed by atoms with Crippen LogP contribution < -0.4 is 15.1 Å². The SMILES string of the molecule is COc1ccc(CN2C(=O)N(C)c3ccc(B4OC(C)(C)C(C)(C)O4)cc3S2(=O)=O)cc1. The van der Waals surface area contributed by atoms with Crippen molar-refractivity contribution in [2.75, 3.05) is 19.1 Å². The van der Waals surface area contributed by atoms with Gasteiger partial charge in [0.05, 0.1) is 30.5 Å². The van der Waals surface area contributed by atoms with Crippen molar-refractivity contribution in [1.29, 1.82) is 0 Å². The Bertz CT molecular complexity index is 1150. The van der Waals surface area contributed by atoms with E-state index in [1.807, 2.05) is 27.7 Å². The number of urea groups is 1. The highest BCUT2D eigenvalue weighted by atomic mass is 32.2. The van der Waals surface area contributed by atoms with Crippen LogP contribution in [0.4, 0.5) is 10.5 Å². The third-order valence-electron chi connectivity index (χ3n) is 6.42. The van der Waals surface area contributed by atoms with Gasteiger partial charge in [0.1, 0.15) is 10.6 Å². The maximum absolute atomic E-state index is 13.5. The maximum atomic E-state index is 13.5. The number of ether oxygens (including phenoxy) is 1. The molecule has 2 aromatic rings. The normalized spacial score (nSPS) is 20.9. The van der Waals surface area contributed by atoms with Gasteiger partial charge in [-0.3, -0.25) is 4.90 Å². The van der Waals surface area contributed by atoms with Crippen LogP contribution in [-0.4, -0.2) is 51.2 Å². The lowest BCUT2D eigenvalue weighted by atomic mass is 9.79. The second-order valence-corrected chi connectivity index (χ2v) is 10.8. The van der Waals surface area contributed by atoms with E-state index < -0.39 is 34.4 Å². The molecule has 8 nitrogen and oxygen atoms in total. The molecule has 2 heterocycles. The first-order valence-corrected chi connectivity index (χ1v) is 11.7. The Hall–Kier alpha value is -2.56. The molecule has 0 spiro atoms. The minimum atomic E-state index is -4.09. The summed E-state index contributed by atoms with van der Waals surface area (Å²) in [7, 11) is -1.68. The number of benzene rings is 2. The van der Waals surface area contributed by atoms with Gasteiger partial charge in [-0.2, -0.15) is 0 Å². The number of methoxy groups -OCH3 is 1. The van der Waals surface area contributed by atoms with Crippen LogP contribution >= 0.6 is 0 Å². The second kappa shape index (κ2) is 7.50. The number of carbonyl (C=O) groups excluding carboxylic acids is 1. The van der Waals surface area contributed by atoms with Crippen molar-refractivity contribution in [2.45, 2.75) is 50.3 Å². The van der Waals surface area contributed by atoms with Crippen LogP contribution in [0.3, 0.4) is 0 Å². The first-order valence-electron chi connectivity index (χ1n) is 10.3. The molecule has 1 saturated heterocycles. The minimum Gasteiger partial charge on any atom is -0.497 e. The van der Waals surface area contributed by atoms with Crippen molar-refractivity contribution in [3.05, 3.63) is 48.0 Å². The second-order valence-electron chi connectivity index (χ2n) is 9.02. The molecule has 0 saturated carbocycles. The monoisotopic (exact) mass is 458 g/mol. The number of carbonyl (C=O) groups is 1. The van der Waals surface area contributed by atoms with Crippen LogP contribution in [-0.2, 0) is 25.9 Å². The van der Waals surface area contributed by atoms with Crippen molar-refractivity contribution < 1.29 is 27.3 Å². The molecule has 2 amide bonds. The predicted octanol–water partition coefficient (Wildman–Crippen LogP) is 2.76. The Morgan fingerprint density at radius 3 is 2.16 bits per heavy atom. The van der Waals surface area contributed by atoms with Gasteiger partial charge in [0.2, 0.25) is 0 Å². The Kier molecular flexibility index (Phi) is 5.31. The standard InChI is InChI=1S/C22H27BN2O6S/c1-21(2)22(3,4)31-23(30-21)16-9-12-18-19(13-16)32(27,28)25(20(26)24(18)5)14-15-7-10-17(29-6)11-8-15/h7-13H,14H2,1-6H3. The van der Waals surface area contributed by atoms with E-state index in [0.29, 0.717) is 22.5 Å². The summed E-state index contributed by atoms with van der Waals surface area (Å²) in [6, 6.07) is 11.2. The van der Waals surface area contributed by atoms with E-state index in [0.717, 1.165) is 4.31 Å². The van der Waals surface area contributed by atoms with Crippen molar-refractivity contribution in [3.8, 4) is 5.75 Å². The molecule has 0 aromatic heterocycles. The van der Waals surface area contributed by atoms with Gasteiger partial charge >= 0.3 is 13.1 Å². The molecular weight excluding hydrogens is 431 g/mol. The van der Waals surface area contributed by atoms with E-state index in [-0.39, 0.29) is 11.4 Å². The summed E-state index contributed by atoms with van der Waals surface area (Å²) in [6.07, 6.45) is 0. The molecule has 2 aromatic carbocycles. The number of anilines is 1. The van der Waals surface area contributed by atoms with Gasteiger partial charge in [0, 0.05) is 7.05 Å². The summed E-state index contributed by atoms with van der Waals surface area (Å²) in [5, 5.41) is 0. The predicted molar refractivity (Wildman–Crippen MR) is 122 cm³/mol. The van der Waals surface area contributed by atoms with Gasteiger partial charge in [0.25, 0.3) is 10.0 Å². The Morgan fingerprint density at radius 2 is 1.59 bits per heavy atom. The van der Waals surface area contributed by atoms with Gasteiger partial charge in [0.15, 0.2) is 0 Å². The number of amides is 2. The van der Waals surface area contributed by atoms with Crippen LogP contribution in [0.25, 0.3) is 0 Å². The Balaban J connectivity index is 1.71. The first kappa shape index (κ1) is 22.6. The summed E-state index contributed by atoms with van der Waals surface area (Å²) >= 11 is 0. The maximum Gasteiger partial charge on any atom is 0.494 e. The number of fused-ring (bicyclic) bond motifs is 1. The zero-order valence-corrected chi connectivity index (χ0v) is 19.9. The lowest BCUT2D eigenvalue weighted by molar-refractivity contribution is 0.00578. The van der Waals surface area contributed by atoms with Gasteiger partial charge < -0.3 is 14.0 Å². The summed E-state index contributed by atoms with van der Waals surface area (Å²) in [4.78, 5) is 14.3. The van der Waals surface area contributed by atoms with Gasteiger partial charge in [-0.05, 0) is 63.0 Å². The van der Waals surface area contributed by atoms with Crippen LogP contribution in [0.15, 0.2) is 47.4 Å². The first-order chi connectivity index (χ1) is 14.9. The van der Waals surface area contributed by atoms with Crippen LogP contribution in [0.5, 0.6) is 5.75 Å². The highest BCUT2D eigenvalue weighted by Gasteiger charge is 2.52. The topological polar surface area (TPSA) is 85.4 Å². The highest BCUT2D eigenvalue weighted by molar-refractivity contribution is 7.90. The average Bonchev–Trinajstić information content (AvgIpc) is 2.97. The molecule has 4 rings (SSSR count). The van der Waals surface area contributed by atoms with Gasteiger partial charge in [-0.15, -0.1) is 0 Å². The van der Waals surface area contributed by atoms with Crippen molar-refractivity contribution in [2.24, 2.45) is 0 Å². The Morgan fingerprint density at radius 1 is 1.00 bits per heavy atom. The van der Waals surface area contributed by atoms with E-state index in [1.54, 1.807) is 50.6 Å². The van der Waals surface area contributed by atoms with E-state index in [2.05, 4.69) is 0 Å². The van der Waals surface area contributed by atoms with Crippen LogP contribution in [0.2, 0.25) is 0 Å². The van der Waals surface area contributed by atoms with Crippen molar-refractivity contribution >= 4 is 34.3 Å². The molecule has 1 fully saturated rings. The Labute approximate surface area is 189 Å². The number of nitrogens with zero attached hydrogens (tertiary/aromatic N) is 2. The summed E-state index contributed by atoms with van der Waals surface area (Å²) in [5.74, 6) is 0.649. The molecule has 10 heteroatoms. The molecular formula is C22H27BN2O6S. The van der Waals surface area contributed by atoms with E-state index in [4.69, 9.17) is 14.0 Å². The van der Waals surface area contributed by atoms with E-state index >= 15 is 0 Å². The molecule has 0 bridgehead atoms. The largest absolute Gasteiger partial charge is 0.497 e. The van der Waals surface area contributed by atoms with Crippen LogP contribution in [0, 0.1) is 0 Å². The fourth-order valence-electron chi connectivity index (χ4n) is 3.68. The van der Waals surface area contributed by atoms with E-state index in [1.165, 1.54) is 11.0 Å². The summed E-state index contributed by atoms with van der Waals surface area (Å²) in [6.45, 7) is 7.66. The molecule has 2 aliphatic heterocycles. The van der Waals surface area contributed by atoms with E-state index in [9.17, 15) is 13.2 Å². The van der Waals surface area contributed by atoms with Gasteiger partial charge in [-0.25, -0.2) is 17.5 Å². The third kappa shape index (κ3) is 3.56. The molecule has 0 N–H and O–H groups in total. The third-order valence-corrected chi connectivity index (χ3v) is 8.17. The minimum absolute atomic E-state index is 0.0420. The number of hydrogen-bond donors (Lipinski definition) is 0. The number of rotatable bonds is 4. The molecule has 0 atom stereocenters. The van der Waals surface area contributed by atoms with Gasteiger partial charge in [-0.1, -0.05) is 18.2 Å². The zero-order valence-electron chi connectivity index (χ0n) is 19.1. The van der Waals surface area contributed by atoms with Crippen molar-refractivity contribution in [1.82, 2.24) is 4.31 Å². The lowest BCUT2D eigenvalue weighted by Crippen LogP contribution is -2.49. The fourth-order valence-corrected chi connectivity index (χ4v) is 5.32. The molecule has 0 unspecified atom stereocenters. The molecule has 2 aliphatic rings.